The number of rotatable bonds is 12. The molecule has 182 valence electrons. The van der Waals surface area contributed by atoms with Gasteiger partial charge in [0.05, 0.1) is 10.0 Å². The van der Waals surface area contributed by atoms with E-state index in [1.54, 1.807) is 6.55 Å². The van der Waals surface area contributed by atoms with Crippen molar-refractivity contribution in [3.05, 3.63) is 4.13 Å². The Morgan fingerprint density at radius 1 is 0.767 bits per heavy atom. The predicted octanol–water partition coefficient (Wildman–Crippen LogP) is 4.42. The highest BCUT2D eigenvalue weighted by Gasteiger charge is 2.44. The predicted molar refractivity (Wildman–Crippen MR) is 121 cm³/mol. The van der Waals surface area contributed by atoms with Gasteiger partial charge in [-0.2, -0.15) is 13.2 Å². The molecule has 0 aliphatic carbocycles. The van der Waals surface area contributed by atoms with Crippen LogP contribution in [0.15, 0.2) is 0 Å². The average Bonchev–Trinajstić information content (AvgIpc) is 2.27. The summed E-state index contributed by atoms with van der Waals surface area (Å²) in [6.07, 6.45) is -0.149. The van der Waals surface area contributed by atoms with Crippen molar-refractivity contribution in [3.63, 3.8) is 0 Å². The van der Waals surface area contributed by atoms with E-state index in [0.29, 0.717) is 0 Å². The van der Waals surface area contributed by atoms with Crippen LogP contribution in [0.25, 0.3) is 4.13 Å². The molecule has 0 saturated heterocycles. The molecule has 8 nitrogen and oxygen atoms in total. The molecule has 0 aliphatic rings. The average molecular weight is 549 g/mol. The van der Waals surface area contributed by atoms with E-state index >= 15 is 0 Å². The van der Waals surface area contributed by atoms with Crippen LogP contribution < -0.4 is 0 Å². The normalized spacial score (nSPS) is 17.1. The second kappa shape index (κ2) is 9.72. The van der Waals surface area contributed by atoms with Gasteiger partial charge in [-0.1, -0.05) is 0 Å². The van der Waals surface area contributed by atoms with Crippen LogP contribution in [0.1, 0.15) is 6.42 Å². The lowest BCUT2D eigenvalue weighted by Gasteiger charge is -2.41. The van der Waals surface area contributed by atoms with Crippen molar-refractivity contribution < 1.29 is 42.4 Å². The van der Waals surface area contributed by atoms with Crippen LogP contribution >= 0.6 is 0 Å². The summed E-state index contributed by atoms with van der Waals surface area (Å²) in [7, 11) is -20.6. The summed E-state index contributed by atoms with van der Waals surface area (Å²) < 4.78 is 104. The molecular formula is C13H33F3NO7S2Si4-. The van der Waals surface area contributed by atoms with E-state index < -0.39 is 65.1 Å². The third-order valence-electron chi connectivity index (χ3n) is 3.07. The standard InChI is InChI=1S/C13H33F3NO7S2Si4/c1-27(2,3)22-29(7,8)24-30(9,23-28(4,5)6)12-10-11-25(18,19)17-26(20,21)13(14,15)16/h10-12H2,1-9H3/q-1. The van der Waals surface area contributed by atoms with Crippen LogP contribution in [0.3, 0.4) is 0 Å². The van der Waals surface area contributed by atoms with Crippen molar-refractivity contribution in [2.45, 2.75) is 76.9 Å². The first-order valence-electron chi connectivity index (χ1n) is 9.17. The number of halogens is 3. The fourth-order valence-electron chi connectivity index (χ4n) is 2.85. The quantitative estimate of drug-likeness (QED) is 0.332. The van der Waals surface area contributed by atoms with Crippen molar-refractivity contribution >= 4 is 53.8 Å². The first-order valence-corrected chi connectivity index (χ1v) is 24.4. The van der Waals surface area contributed by atoms with E-state index in [9.17, 15) is 30.0 Å². The van der Waals surface area contributed by atoms with Crippen LogP contribution in [-0.2, 0) is 32.4 Å². The highest BCUT2D eigenvalue weighted by molar-refractivity contribution is 8.12. The Labute approximate surface area is 182 Å². The molecule has 0 bridgehead atoms. The van der Waals surface area contributed by atoms with Gasteiger partial charge in [-0.15, -0.1) is 0 Å². The van der Waals surface area contributed by atoms with Gasteiger partial charge in [0.2, 0.25) is 0 Å². The number of hydrogen-bond acceptors (Lipinski definition) is 7. The molecule has 0 amide bonds. The highest BCUT2D eigenvalue weighted by Crippen LogP contribution is 2.31. The molecule has 0 aromatic heterocycles. The monoisotopic (exact) mass is 548 g/mol. The molecule has 0 fully saturated rings. The Morgan fingerprint density at radius 2 is 1.20 bits per heavy atom. The molecule has 0 spiro atoms. The van der Waals surface area contributed by atoms with Gasteiger partial charge in [-0.05, 0) is 71.4 Å². The minimum Gasteiger partial charge on any atom is -0.437 e. The lowest BCUT2D eigenvalue weighted by Crippen LogP contribution is -2.56. The first-order chi connectivity index (χ1) is 12.8. The number of hydrogen-bond donors (Lipinski definition) is 0. The van der Waals surface area contributed by atoms with Crippen LogP contribution in [0.2, 0.25) is 65.0 Å². The Kier molecular flexibility index (Phi) is 9.84. The fraction of sp³-hybridized carbons (Fsp3) is 1.00. The maximum atomic E-state index is 12.4. The summed E-state index contributed by atoms with van der Waals surface area (Å²) in [6, 6.07) is 0.142. The van der Waals surface area contributed by atoms with Crippen molar-refractivity contribution in [2.75, 3.05) is 5.75 Å². The molecule has 30 heavy (non-hydrogen) atoms. The molecular weight excluding hydrogens is 516 g/mol. The third-order valence-corrected chi connectivity index (χ3v) is 19.7. The summed E-state index contributed by atoms with van der Waals surface area (Å²) in [5.41, 5.74) is -5.77. The molecule has 0 heterocycles. The first kappa shape index (κ1) is 30.4. The van der Waals surface area contributed by atoms with E-state index in [1.165, 1.54) is 0 Å². The van der Waals surface area contributed by atoms with Crippen LogP contribution in [0.4, 0.5) is 13.2 Å². The van der Waals surface area contributed by atoms with Gasteiger partial charge in [0.15, 0.2) is 26.7 Å². The second-order valence-electron chi connectivity index (χ2n) is 9.45. The SMILES string of the molecule is C[Si](C)(C)O[Si](C)(C)O[Si](C)(CCCS(=O)(=O)[N-]S(=O)(=O)C(F)(F)F)O[Si](C)(C)C. The Bertz CT molecular complexity index is 793. The second-order valence-corrected chi connectivity index (χ2v) is 29.5. The van der Waals surface area contributed by atoms with E-state index in [4.69, 9.17) is 12.3 Å². The zero-order valence-corrected chi connectivity index (χ0v) is 24.5. The number of sulfonamides is 2. The van der Waals surface area contributed by atoms with E-state index in [2.05, 4.69) is 4.13 Å². The Morgan fingerprint density at radius 3 is 1.57 bits per heavy atom. The largest absolute Gasteiger partial charge is 0.480 e. The maximum absolute atomic E-state index is 12.4. The molecule has 0 aromatic carbocycles. The van der Waals surface area contributed by atoms with Gasteiger partial charge in [0.1, 0.15) is 0 Å². The Hall–Kier alpha value is 0.398. The fourth-order valence-corrected chi connectivity index (χ4v) is 23.4. The van der Waals surface area contributed by atoms with E-state index in [1.807, 2.05) is 52.4 Å². The molecule has 0 radical (unpaired) electrons. The van der Waals surface area contributed by atoms with Crippen molar-refractivity contribution in [1.29, 1.82) is 0 Å². The summed E-state index contributed by atoms with van der Waals surface area (Å²) in [4.78, 5) is 0. The molecule has 0 N–H and O–H groups in total. The minimum atomic E-state index is -6.12. The number of nitrogens with zero attached hydrogens (tertiary/aromatic N) is 1. The van der Waals surface area contributed by atoms with Gasteiger partial charge in [0.25, 0.3) is 0 Å². The topological polar surface area (TPSA) is 110 Å². The lowest BCUT2D eigenvalue weighted by molar-refractivity contribution is -0.0425. The van der Waals surface area contributed by atoms with Gasteiger partial charge >= 0.3 is 22.6 Å². The molecule has 0 rings (SSSR count). The molecule has 1 unspecified atom stereocenters. The Balaban J connectivity index is 5.38. The van der Waals surface area contributed by atoms with Crippen molar-refractivity contribution in [2.24, 2.45) is 0 Å². The van der Waals surface area contributed by atoms with Gasteiger partial charge in [-0.3, -0.25) is 0 Å². The highest BCUT2D eigenvalue weighted by atomic mass is 32.3. The summed E-state index contributed by atoms with van der Waals surface area (Å²) in [6.45, 7) is 17.4. The summed E-state index contributed by atoms with van der Waals surface area (Å²) in [5, 5.41) is 0. The summed E-state index contributed by atoms with van der Waals surface area (Å²) in [5.74, 6) is -0.861. The number of alkyl halides is 3. The van der Waals surface area contributed by atoms with Gasteiger partial charge in [0, 0.05) is 5.75 Å². The van der Waals surface area contributed by atoms with Gasteiger partial charge < -0.3 is 16.5 Å². The van der Waals surface area contributed by atoms with Crippen LogP contribution in [0.5, 0.6) is 0 Å². The molecule has 1 atom stereocenters. The minimum absolute atomic E-state index is 0.142. The van der Waals surface area contributed by atoms with Gasteiger partial charge in [-0.25, -0.2) is 16.8 Å². The van der Waals surface area contributed by atoms with Crippen molar-refractivity contribution in [3.8, 4) is 0 Å². The van der Waals surface area contributed by atoms with Crippen LogP contribution in [-0.4, -0.2) is 61.9 Å². The molecule has 17 heteroatoms. The zero-order chi connectivity index (χ0) is 24.4. The summed E-state index contributed by atoms with van der Waals surface area (Å²) >= 11 is 0. The lowest BCUT2D eigenvalue weighted by atomic mass is 10.6. The van der Waals surface area contributed by atoms with E-state index in [0.717, 1.165) is 0 Å². The third kappa shape index (κ3) is 12.4. The smallest absolute Gasteiger partial charge is 0.437 e. The van der Waals surface area contributed by atoms with Crippen LogP contribution in [0, 0.1) is 0 Å². The zero-order valence-electron chi connectivity index (χ0n) is 18.9. The molecule has 0 aliphatic heterocycles. The molecule has 0 saturated carbocycles. The van der Waals surface area contributed by atoms with Crippen molar-refractivity contribution in [1.82, 2.24) is 0 Å². The maximum Gasteiger partial charge on any atom is 0.480 e. The van der Waals surface area contributed by atoms with E-state index in [-0.39, 0.29) is 12.5 Å². The molecule has 0 aromatic rings.